The molecule has 0 spiro atoms. The lowest BCUT2D eigenvalue weighted by molar-refractivity contribution is 0.0952. The molecule has 0 saturated carbocycles. The van der Waals surface area contributed by atoms with Crippen LogP contribution >= 0.6 is 24.8 Å². The maximum absolute atomic E-state index is 12.7. The number of para-hydroxylation sites is 1. The first kappa shape index (κ1) is 20.2. The number of amides is 1. The first-order chi connectivity index (χ1) is 11.8. The zero-order valence-electron chi connectivity index (χ0n) is 14.1. The van der Waals surface area contributed by atoms with Crippen LogP contribution in [0.15, 0.2) is 53.1 Å². The van der Waals surface area contributed by atoms with E-state index < -0.39 is 0 Å². The van der Waals surface area contributed by atoms with Gasteiger partial charge in [-0.15, -0.1) is 24.8 Å². The highest BCUT2D eigenvalue weighted by atomic mass is 35.5. The number of benzene rings is 1. The van der Waals surface area contributed by atoms with Gasteiger partial charge in [-0.25, -0.2) is 4.98 Å². The number of pyridine rings is 1. The standard InChI is InChI=1S/C19H19N3O2.2ClH/c23-19(21-12-13-5-3-9-20-13)15-11-17(18-8-4-10-24-18)22-16-7-2-1-6-14(15)16;;/h1-2,4,6-8,10-11,13,20H,3,5,9,12H2,(H,21,23);2*1H. The van der Waals surface area contributed by atoms with Gasteiger partial charge in [0.25, 0.3) is 5.91 Å². The van der Waals surface area contributed by atoms with E-state index in [1.165, 1.54) is 6.42 Å². The van der Waals surface area contributed by atoms with Crippen molar-refractivity contribution in [2.24, 2.45) is 0 Å². The van der Waals surface area contributed by atoms with E-state index in [-0.39, 0.29) is 30.7 Å². The third-order valence-electron chi connectivity index (χ3n) is 4.41. The Kier molecular flexibility index (Phi) is 7.03. The van der Waals surface area contributed by atoms with Gasteiger partial charge in [0.1, 0.15) is 5.69 Å². The van der Waals surface area contributed by atoms with Crippen molar-refractivity contribution >= 4 is 41.6 Å². The van der Waals surface area contributed by atoms with Crippen LogP contribution in [0.4, 0.5) is 0 Å². The van der Waals surface area contributed by atoms with Crippen LogP contribution in [0.5, 0.6) is 0 Å². The second-order valence-electron chi connectivity index (χ2n) is 6.05. The van der Waals surface area contributed by atoms with Gasteiger partial charge >= 0.3 is 0 Å². The highest BCUT2D eigenvalue weighted by molar-refractivity contribution is 6.07. The molecule has 5 nitrogen and oxygen atoms in total. The number of fused-ring (bicyclic) bond motifs is 1. The lowest BCUT2D eigenvalue weighted by Crippen LogP contribution is -2.37. The molecule has 0 bridgehead atoms. The fourth-order valence-corrected chi connectivity index (χ4v) is 3.16. The van der Waals surface area contributed by atoms with Crippen LogP contribution in [0.25, 0.3) is 22.4 Å². The number of carbonyl (C=O) groups excluding carboxylic acids is 1. The average molecular weight is 394 g/mol. The van der Waals surface area contributed by atoms with Crippen LogP contribution in [0.1, 0.15) is 23.2 Å². The molecule has 1 amide bonds. The highest BCUT2D eigenvalue weighted by Crippen LogP contribution is 2.25. The van der Waals surface area contributed by atoms with Crippen LogP contribution < -0.4 is 10.6 Å². The molecule has 138 valence electrons. The van der Waals surface area contributed by atoms with Crippen molar-refractivity contribution in [2.75, 3.05) is 13.1 Å². The van der Waals surface area contributed by atoms with E-state index in [4.69, 9.17) is 4.42 Å². The van der Waals surface area contributed by atoms with Crippen molar-refractivity contribution < 1.29 is 9.21 Å². The monoisotopic (exact) mass is 393 g/mol. The summed E-state index contributed by atoms with van der Waals surface area (Å²) < 4.78 is 5.44. The highest BCUT2D eigenvalue weighted by Gasteiger charge is 2.18. The van der Waals surface area contributed by atoms with E-state index in [1.54, 1.807) is 12.3 Å². The van der Waals surface area contributed by atoms with Gasteiger partial charge in [0.2, 0.25) is 0 Å². The summed E-state index contributed by atoms with van der Waals surface area (Å²) in [6, 6.07) is 13.5. The van der Waals surface area contributed by atoms with Crippen LogP contribution in [-0.4, -0.2) is 30.0 Å². The molecule has 1 aliphatic heterocycles. The molecule has 1 aliphatic rings. The maximum Gasteiger partial charge on any atom is 0.252 e. The van der Waals surface area contributed by atoms with Gasteiger partial charge in [-0.05, 0) is 43.7 Å². The van der Waals surface area contributed by atoms with Gasteiger partial charge in [0.15, 0.2) is 5.76 Å². The van der Waals surface area contributed by atoms with Crippen molar-refractivity contribution in [3.8, 4) is 11.5 Å². The minimum Gasteiger partial charge on any atom is -0.463 e. The second kappa shape index (κ2) is 9.03. The lowest BCUT2D eigenvalue weighted by atomic mass is 10.1. The number of nitrogens with zero attached hydrogens (tertiary/aromatic N) is 1. The summed E-state index contributed by atoms with van der Waals surface area (Å²) >= 11 is 0. The molecule has 0 radical (unpaired) electrons. The number of hydrogen-bond donors (Lipinski definition) is 2. The van der Waals surface area contributed by atoms with Gasteiger partial charge in [0, 0.05) is 18.0 Å². The molecular weight excluding hydrogens is 373 g/mol. The fourth-order valence-electron chi connectivity index (χ4n) is 3.16. The summed E-state index contributed by atoms with van der Waals surface area (Å²) in [4.78, 5) is 17.4. The number of aromatic nitrogens is 1. The summed E-state index contributed by atoms with van der Waals surface area (Å²) in [5.41, 5.74) is 2.09. The number of carbonyl (C=O) groups is 1. The Bertz CT molecular complexity index is 862. The first-order valence-electron chi connectivity index (χ1n) is 8.26. The Morgan fingerprint density at radius 2 is 2.08 bits per heavy atom. The SMILES string of the molecule is Cl.Cl.O=C(NCC1CCCN1)c1cc(-c2ccco2)nc2ccccc12. The van der Waals surface area contributed by atoms with Gasteiger partial charge in [0.05, 0.1) is 17.3 Å². The molecule has 4 rings (SSSR count). The number of rotatable bonds is 4. The summed E-state index contributed by atoms with van der Waals surface area (Å²) in [5, 5.41) is 7.29. The minimum absolute atomic E-state index is 0. The average Bonchev–Trinajstić information content (AvgIpc) is 3.32. The van der Waals surface area contributed by atoms with E-state index in [9.17, 15) is 4.79 Å². The zero-order valence-corrected chi connectivity index (χ0v) is 15.7. The van der Waals surface area contributed by atoms with Crippen molar-refractivity contribution in [1.82, 2.24) is 15.6 Å². The third-order valence-corrected chi connectivity index (χ3v) is 4.41. The number of halogens is 2. The molecule has 1 aromatic carbocycles. The zero-order chi connectivity index (χ0) is 16.4. The smallest absolute Gasteiger partial charge is 0.252 e. The summed E-state index contributed by atoms with van der Waals surface area (Å²) in [7, 11) is 0. The Hall–Kier alpha value is -2.08. The molecule has 1 saturated heterocycles. The van der Waals surface area contributed by atoms with E-state index in [0.717, 1.165) is 23.9 Å². The summed E-state index contributed by atoms with van der Waals surface area (Å²) in [5.74, 6) is 0.586. The minimum atomic E-state index is -0.0740. The third kappa shape index (κ3) is 4.18. The van der Waals surface area contributed by atoms with Crippen LogP contribution in [0.3, 0.4) is 0 Å². The molecule has 1 atom stereocenters. The Labute approximate surface area is 164 Å². The molecule has 3 aromatic rings. The number of furan rings is 1. The fraction of sp³-hybridized carbons (Fsp3) is 0.263. The molecule has 1 fully saturated rings. The van der Waals surface area contributed by atoms with Gasteiger partial charge in [-0.1, -0.05) is 18.2 Å². The Balaban J connectivity index is 0.00000121. The van der Waals surface area contributed by atoms with Crippen molar-refractivity contribution in [3.63, 3.8) is 0 Å². The second-order valence-corrected chi connectivity index (χ2v) is 6.05. The number of hydrogen-bond acceptors (Lipinski definition) is 4. The Morgan fingerprint density at radius 3 is 2.81 bits per heavy atom. The molecule has 0 aliphatic carbocycles. The van der Waals surface area contributed by atoms with E-state index >= 15 is 0 Å². The van der Waals surface area contributed by atoms with E-state index in [1.807, 2.05) is 36.4 Å². The molecule has 3 heterocycles. The van der Waals surface area contributed by atoms with Gasteiger partial charge < -0.3 is 15.1 Å². The van der Waals surface area contributed by atoms with Crippen LogP contribution in [0.2, 0.25) is 0 Å². The van der Waals surface area contributed by atoms with Crippen LogP contribution in [0, 0.1) is 0 Å². The molecule has 26 heavy (non-hydrogen) atoms. The molecule has 1 unspecified atom stereocenters. The Morgan fingerprint density at radius 1 is 1.23 bits per heavy atom. The van der Waals surface area contributed by atoms with Crippen molar-refractivity contribution in [3.05, 3.63) is 54.3 Å². The number of nitrogens with one attached hydrogen (secondary N) is 2. The largest absolute Gasteiger partial charge is 0.463 e. The van der Waals surface area contributed by atoms with Crippen molar-refractivity contribution in [1.29, 1.82) is 0 Å². The molecule has 7 heteroatoms. The summed E-state index contributed by atoms with van der Waals surface area (Å²) in [6.07, 6.45) is 3.88. The topological polar surface area (TPSA) is 67.2 Å². The predicted molar refractivity (Wildman–Crippen MR) is 107 cm³/mol. The maximum atomic E-state index is 12.7. The lowest BCUT2D eigenvalue weighted by Gasteiger charge is -2.13. The van der Waals surface area contributed by atoms with Gasteiger partial charge in [-0.2, -0.15) is 0 Å². The first-order valence-corrected chi connectivity index (χ1v) is 8.26. The molecule has 2 aromatic heterocycles. The van der Waals surface area contributed by atoms with Crippen molar-refractivity contribution in [2.45, 2.75) is 18.9 Å². The van der Waals surface area contributed by atoms with Crippen LogP contribution in [-0.2, 0) is 0 Å². The summed E-state index contributed by atoms with van der Waals surface area (Å²) in [6.45, 7) is 1.67. The molecular formula is C19H21Cl2N3O2. The van der Waals surface area contributed by atoms with E-state index in [0.29, 0.717) is 29.6 Å². The van der Waals surface area contributed by atoms with Gasteiger partial charge in [-0.3, -0.25) is 4.79 Å². The predicted octanol–water partition coefficient (Wildman–Crippen LogP) is 3.82. The normalized spacial score (nSPS) is 15.9. The molecule has 2 N–H and O–H groups in total. The quantitative estimate of drug-likeness (QED) is 0.706. The van der Waals surface area contributed by atoms with E-state index in [2.05, 4.69) is 15.6 Å².